The maximum absolute atomic E-state index is 12.6. The molecule has 0 unspecified atom stereocenters. The number of aromatic nitrogens is 1. The molecule has 1 N–H and O–H groups in total. The molecule has 0 atom stereocenters. The van der Waals surface area contributed by atoms with E-state index in [4.69, 9.17) is 21.2 Å². The fourth-order valence-electron chi connectivity index (χ4n) is 2.86. The highest BCUT2D eigenvalue weighted by Crippen LogP contribution is 2.25. The van der Waals surface area contributed by atoms with Crippen LogP contribution in [0.1, 0.15) is 27.0 Å². The van der Waals surface area contributed by atoms with Gasteiger partial charge in [0.25, 0.3) is 5.91 Å². The van der Waals surface area contributed by atoms with Crippen LogP contribution in [0.5, 0.6) is 5.88 Å². The molecule has 0 bridgehead atoms. The van der Waals surface area contributed by atoms with E-state index in [0.29, 0.717) is 22.3 Å². The Kier molecular flexibility index (Phi) is 7.35. The molecule has 8 heteroatoms. The van der Waals surface area contributed by atoms with Crippen molar-refractivity contribution in [2.24, 2.45) is 5.16 Å². The minimum absolute atomic E-state index is 0.0780. The van der Waals surface area contributed by atoms with E-state index in [1.165, 1.54) is 26.4 Å². The number of pyridine rings is 1. The number of ketones is 1. The lowest BCUT2D eigenvalue weighted by Crippen LogP contribution is -2.29. The molecule has 3 aromatic rings. The van der Waals surface area contributed by atoms with E-state index in [0.717, 1.165) is 0 Å². The topological polar surface area (TPSA) is 89.9 Å². The van der Waals surface area contributed by atoms with Gasteiger partial charge in [-0.25, -0.2) is 4.98 Å². The Bertz CT molecular complexity index is 1120. The van der Waals surface area contributed by atoms with Crippen LogP contribution in [0, 0.1) is 0 Å². The second-order valence-electron chi connectivity index (χ2n) is 6.35. The zero-order chi connectivity index (χ0) is 22.2. The highest BCUT2D eigenvalue weighted by atomic mass is 35.5. The van der Waals surface area contributed by atoms with Crippen molar-refractivity contribution in [1.82, 2.24) is 10.3 Å². The number of amides is 1. The standard InChI is InChI=1S/C23H20ClN3O4/c1-25-22(29)20(27-30-2)18-11-7-6-10-16(18)14-31-23-19(24)12-17(13-26-23)21(28)15-8-4-3-5-9-15/h3-13H,14H2,1-2H3,(H,25,29). The summed E-state index contributed by atoms with van der Waals surface area (Å²) in [6.07, 6.45) is 1.42. The molecule has 7 nitrogen and oxygen atoms in total. The second-order valence-corrected chi connectivity index (χ2v) is 6.76. The number of nitrogens with zero attached hydrogens (tertiary/aromatic N) is 2. The number of benzene rings is 2. The predicted molar refractivity (Wildman–Crippen MR) is 118 cm³/mol. The number of nitrogens with one attached hydrogen (secondary N) is 1. The average molecular weight is 438 g/mol. The molecule has 0 radical (unpaired) electrons. The molecule has 0 saturated heterocycles. The van der Waals surface area contributed by atoms with Crippen molar-refractivity contribution in [1.29, 1.82) is 0 Å². The predicted octanol–water partition coefficient (Wildman–Crippen LogP) is 3.64. The lowest BCUT2D eigenvalue weighted by Gasteiger charge is -2.12. The van der Waals surface area contributed by atoms with Gasteiger partial charge in [0.15, 0.2) is 11.5 Å². The van der Waals surface area contributed by atoms with Gasteiger partial charge >= 0.3 is 0 Å². The van der Waals surface area contributed by atoms with E-state index in [1.807, 2.05) is 12.1 Å². The second kappa shape index (κ2) is 10.4. The Labute approximate surface area is 184 Å². The zero-order valence-electron chi connectivity index (χ0n) is 17.0. The van der Waals surface area contributed by atoms with Gasteiger partial charge < -0.3 is 14.9 Å². The van der Waals surface area contributed by atoms with Crippen LogP contribution < -0.4 is 10.1 Å². The molecule has 0 aliphatic rings. The van der Waals surface area contributed by atoms with Crippen LogP contribution in [-0.4, -0.2) is 36.5 Å². The number of hydrogen-bond acceptors (Lipinski definition) is 6. The average Bonchev–Trinajstić information content (AvgIpc) is 2.81. The van der Waals surface area contributed by atoms with Crippen molar-refractivity contribution in [3.8, 4) is 5.88 Å². The number of halogens is 1. The van der Waals surface area contributed by atoms with Gasteiger partial charge in [-0.05, 0) is 11.6 Å². The first-order chi connectivity index (χ1) is 15.0. The summed E-state index contributed by atoms with van der Waals surface area (Å²) in [6.45, 7) is 0.0780. The molecule has 3 rings (SSSR count). The molecular formula is C23H20ClN3O4. The van der Waals surface area contributed by atoms with E-state index < -0.39 is 5.91 Å². The van der Waals surface area contributed by atoms with E-state index >= 15 is 0 Å². The number of ether oxygens (including phenoxy) is 1. The SMILES string of the molecule is CNC(=O)C(=NOC)c1ccccc1COc1ncc(C(=O)c2ccccc2)cc1Cl. The summed E-state index contributed by atoms with van der Waals surface area (Å²) in [5, 5.41) is 6.57. The van der Waals surface area contributed by atoms with Crippen LogP contribution in [0.15, 0.2) is 72.0 Å². The highest BCUT2D eigenvalue weighted by molar-refractivity contribution is 6.45. The lowest BCUT2D eigenvalue weighted by atomic mass is 10.0. The maximum Gasteiger partial charge on any atom is 0.273 e. The molecule has 1 amide bonds. The molecule has 1 aromatic heterocycles. The van der Waals surface area contributed by atoms with Gasteiger partial charge in [0.1, 0.15) is 18.7 Å². The summed E-state index contributed by atoms with van der Waals surface area (Å²) < 4.78 is 5.76. The van der Waals surface area contributed by atoms with Gasteiger partial charge in [0.2, 0.25) is 5.88 Å². The van der Waals surface area contributed by atoms with Crippen molar-refractivity contribution in [3.05, 3.63) is 94.1 Å². The summed E-state index contributed by atoms with van der Waals surface area (Å²) in [6, 6.07) is 17.5. The van der Waals surface area contributed by atoms with E-state index in [-0.39, 0.29) is 29.0 Å². The molecule has 158 valence electrons. The molecule has 1 heterocycles. The smallest absolute Gasteiger partial charge is 0.273 e. The summed E-state index contributed by atoms with van der Waals surface area (Å²) in [5.41, 5.74) is 2.26. The van der Waals surface area contributed by atoms with Crippen LogP contribution in [0.3, 0.4) is 0 Å². The molecule has 2 aromatic carbocycles. The number of carbonyl (C=O) groups excluding carboxylic acids is 2. The van der Waals surface area contributed by atoms with Gasteiger partial charge in [-0.15, -0.1) is 0 Å². The van der Waals surface area contributed by atoms with Crippen molar-refractivity contribution >= 4 is 29.0 Å². The molecule has 0 saturated carbocycles. The molecule has 0 aliphatic heterocycles. The van der Waals surface area contributed by atoms with Crippen molar-refractivity contribution < 1.29 is 19.2 Å². The number of likely N-dealkylation sites (N-methyl/N-ethyl adjacent to an activating group) is 1. The molecule has 31 heavy (non-hydrogen) atoms. The zero-order valence-corrected chi connectivity index (χ0v) is 17.7. The van der Waals surface area contributed by atoms with Gasteiger partial charge in [0, 0.05) is 29.9 Å². The van der Waals surface area contributed by atoms with E-state index in [1.54, 1.807) is 42.5 Å². The van der Waals surface area contributed by atoms with Gasteiger partial charge in [-0.3, -0.25) is 9.59 Å². The Morgan fingerprint density at radius 3 is 2.45 bits per heavy atom. The van der Waals surface area contributed by atoms with E-state index in [9.17, 15) is 9.59 Å². The number of oxime groups is 1. The molecule has 0 spiro atoms. The fourth-order valence-corrected chi connectivity index (χ4v) is 3.08. The minimum Gasteiger partial charge on any atom is -0.472 e. The first-order valence-electron chi connectivity index (χ1n) is 9.34. The summed E-state index contributed by atoms with van der Waals surface area (Å²) in [7, 11) is 2.87. The minimum atomic E-state index is -0.394. The van der Waals surface area contributed by atoms with Gasteiger partial charge in [-0.1, -0.05) is 71.4 Å². The lowest BCUT2D eigenvalue weighted by molar-refractivity contribution is -0.114. The van der Waals surface area contributed by atoms with Crippen LogP contribution in [0.2, 0.25) is 5.02 Å². The number of rotatable bonds is 8. The molecule has 0 fully saturated rings. The third-order valence-corrected chi connectivity index (χ3v) is 4.64. The summed E-state index contributed by atoms with van der Waals surface area (Å²) in [5.74, 6) is -0.404. The van der Waals surface area contributed by atoms with Crippen molar-refractivity contribution in [2.75, 3.05) is 14.2 Å². The largest absolute Gasteiger partial charge is 0.472 e. The summed E-state index contributed by atoms with van der Waals surface area (Å²) in [4.78, 5) is 33.7. The van der Waals surface area contributed by atoms with Gasteiger partial charge in [-0.2, -0.15) is 0 Å². The highest BCUT2D eigenvalue weighted by Gasteiger charge is 2.18. The third-order valence-electron chi connectivity index (χ3n) is 4.37. The van der Waals surface area contributed by atoms with Crippen molar-refractivity contribution in [3.63, 3.8) is 0 Å². The van der Waals surface area contributed by atoms with Gasteiger partial charge in [0.05, 0.1) is 0 Å². The van der Waals surface area contributed by atoms with Crippen LogP contribution >= 0.6 is 11.6 Å². The normalized spacial score (nSPS) is 11.0. The third kappa shape index (κ3) is 5.26. The Hall–Kier alpha value is -3.71. The first kappa shape index (κ1) is 22.0. The maximum atomic E-state index is 12.6. The van der Waals surface area contributed by atoms with Crippen LogP contribution in [0.25, 0.3) is 0 Å². The van der Waals surface area contributed by atoms with E-state index in [2.05, 4.69) is 15.5 Å². The quantitative estimate of drug-likeness (QED) is 0.330. The Morgan fingerprint density at radius 2 is 1.77 bits per heavy atom. The Balaban J connectivity index is 1.80. The fraction of sp³-hybridized carbons (Fsp3) is 0.130. The monoisotopic (exact) mass is 437 g/mol. The molecular weight excluding hydrogens is 418 g/mol. The molecule has 0 aliphatic carbocycles. The van der Waals surface area contributed by atoms with Crippen LogP contribution in [0.4, 0.5) is 0 Å². The number of hydrogen-bond donors (Lipinski definition) is 1. The van der Waals surface area contributed by atoms with Crippen molar-refractivity contribution in [2.45, 2.75) is 6.61 Å². The first-order valence-corrected chi connectivity index (χ1v) is 9.72. The summed E-state index contributed by atoms with van der Waals surface area (Å²) >= 11 is 6.30. The van der Waals surface area contributed by atoms with Crippen LogP contribution in [-0.2, 0) is 16.2 Å². The number of carbonyl (C=O) groups is 2. The Morgan fingerprint density at radius 1 is 1.06 bits per heavy atom.